The molecule has 1 aliphatic carbocycles. The number of methoxy groups -OCH3 is 3. The Morgan fingerprint density at radius 2 is 1.20 bits per heavy atom. The summed E-state index contributed by atoms with van der Waals surface area (Å²) in [6, 6.07) is 12.1. The van der Waals surface area contributed by atoms with Crippen LogP contribution >= 0.6 is 0 Å². The summed E-state index contributed by atoms with van der Waals surface area (Å²) in [7, 11) is 5.73. The lowest BCUT2D eigenvalue weighted by Gasteiger charge is -2.33. The first kappa shape index (κ1) is 56.9. The Kier molecular flexibility index (Phi) is 16.2. The van der Waals surface area contributed by atoms with Crippen LogP contribution in [0.1, 0.15) is 106 Å². The quantitative estimate of drug-likeness (QED) is 0.0560. The number of hydrogen-bond acceptors (Lipinski definition) is 17. The Labute approximate surface area is 466 Å². The topological polar surface area (TPSA) is 264 Å². The van der Waals surface area contributed by atoms with Crippen molar-refractivity contribution < 1.29 is 81.7 Å². The van der Waals surface area contributed by atoms with Gasteiger partial charge in [-0.3, -0.25) is 24.5 Å². The molecule has 1 aromatic heterocycles. The van der Waals surface area contributed by atoms with E-state index in [9.17, 15) is 43.8 Å². The van der Waals surface area contributed by atoms with Gasteiger partial charge in [0.15, 0.2) is 41.2 Å². The zero-order valence-electron chi connectivity index (χ0n) is 46.0. The van der Waals surface area contributed by atoms with Crippen LogP contribution in [-0.4, -0.2) is 144 Å². The van der Waals surface area contributed by atoms with Crippen molar-refractivity contribution in [3.05, 3.63) is 124 Å². The van der Waals surface area contributed by atoms with Gasteiger partial charge in [0.05, 0.1) is 80.4 Å². The molecular weight excluding hydrogens is 1050 g/mol. The third-order valence-corrected chi connectivity index (χ3v) is 14.4. The first-order valence-corrected chi connectivity index (χ1v) is 26.2. The zero-order valence-corrected chi connectivity index (χ0v) is 46.0. The number of carbonyl (C=O) groups is 7. The molecular formula is C58H64N6O17. The van der Waals surface area contributed by atoms with Crippen LogP contribution in [0.3, 0.4) is 0 Å². The number of aliphatic hydroxyl groups is 2. The lowest BCUT2D eigenvalue weighted by Crippen LogP contribution is -2.51. The van der Waals surface area contributed by atoms with Crippen molar-refractivity contribution in [1.82, 2.24) is 14.4 Å². The Bertz CT molecular complexity index is 3270. The SMILES string of the molecule is C=C1CC2C(O)N(C(=O)OC(C)(C)C)c3cc(OCCCCCOc4cc5c(cc4OC)C(=O)N4CC(=C)C[C@H]4C(O)N5C(=O)OCc4ccc(NC(=O)OCc5cc6c(n5C)C(=O)C=C(OC)C6=O)cc4)c(OC)cc3C(=O)N2C1. The summed E-state index contributed by atoms with van der Waals surface area (Å²) in [6.45, 7) is 13.4. The molecule has 0 radical (unpaired) electrons. The van der Waals surface area contributed by atoms with Gasteiger partial charge in [-0.15, -0.1) is 0 Å². The second kappa shape index (κ2) is 23.1. The lowest BCUT2D eigenvalue weighted by molar-refractivity contribution is 0.0310. The second-order valence-corrected chi connectivity index (χ2v) is 21.1. The summed E-state index contributed by atoms with van der Waals surface area (Å²) < 4.78 is 47.1. The maximum atomic E-state index is 14.2. The maximum Gasteiger partial charge on any atom is 0.417 e. The maximum absolute atomic E-state index is 14.2. The number of fused-ring (bicyclic) bond motifs is 5. The van der Waals surface area contributed by atoms with E-state index in [0.717, 1.165) is 21.4 Å². The molecule has 9 rings (SSSR count). The average molecular weight is 1120 g/mol. The van der Waals surface area contributed by atoms with Crippen LogP contribution in [0.25, 0.3) is 0 Å². The Morgan fingerprint density at radius 3 is 1.70 bits per heavy atom. The van der Waals surface area contributed by atoms with Crippen LogP contribution in [0.15, 0.2) is 90.7 Å². The number of carbonyl (C=O) groups excluding carboxylic acids is 7. The van der Waals surface area contributed by atoms with Gasteiger partial charge < -0.3 is 62.5 Å². The van der Waals surface area contributed by atoms with Crippen LogP contribution in [-0.2, 0) is 39.2 Å². The molecule has 4 aliphatic heterocycles. The van der Waals surface area contributed by atoms with Crippen LogP contribution in [0.4, 0.5) is 31.4 Å². The molecule has 3 aromatic carbocycles. The molecule has 0 bridgehead atoms. The smallest absolute Gasteiger partial charge is 0.417 e. The number of aliphatic hydroxyl groups excluding tert-OH is 2. The van der Waals surface area contributed by atoms with E-state index in [1.54, 1.807) is 52.1 Å². The van der Waals surface area contributed by atoms with Crippen molar-refractivity contribution in [2.75, 3.05) is 62.7 Å². The molecule has 23 nitrogen and oxygen atoms in total. The fraction of sp³-hybridized carbons (Fsp3) is 0.397. The summed E-state index contributed by atoms with van der Waals surface area (Å²) in [5.41, 5.74) is 2.42. The number of Topliss-reactive ketones (excluding diaryl/α,β-unsaturated/α-hetero) is 1. The number of rotatable bonds is 16. The van der Waals surface area contributed by atoms with Gasteiger partial charge in [-0.05, 0) is 88.8 Å². The summed E-state index contributed by atoms with van der Waals surface area (Å²) in [4.78, 5) is 99.2. The molecule has 2 fully saturated rings. The van der Waals surface area contributed by atoms with E-state index in [0.29, 0.717) is 48.2 Å². The first-order valence-electron chi connectivity index (χ1n) is 26.2. The van der Waals surface area contributed by atoms with Crippen LogP contribution in [0.2, 0.25) is 0 Å². The minimum absolute atomic E-state index is 0.0323. The average Bonchev–Trinajstić information content (AvgIpc) is 4.35. The van der Waals surface area contributed by atoms with E-state index in [4.69, 9.17) is 37.9 Å². The predicted molar refractivity (Wildman–Crippen MR) is 291 cm³/mol. The third kappa shape index (κ3) is 11.5. The second-order valence-electron chi connectivity index (χ2n) is 21.1. The Morgan fingerprint density at radius 1 is 0.667 bits per heavy atom. The largest absolute Gasteiger partial charge is 0.493 e. The van der Waals surface area contributed by atoms with Crippen molar-refractivity contribution in [2.45, 2.75) is 96.2 Å². The molecule has 3 N–H and O–H groups in total. The van der Waals surface area contributed by atoms with Gasteiger partial charge in [0.25, 0.3) is 11.8 Å². The third-order valence-electron chi connectivity index (χ3n) is 14.4. The van der Waals surface area contributed by atoms with E-state index < -0.39 is 71.8 Å². The summed E-state index contributed by atoms with van der Waals surface area (Å²) in [5.74, 6) is -0.944. The van der Waals surface area contributed by atoms with E-state index in [-0.39, 0.29) is 108 Å². The van der Waals surface area contributed by atoms with Gasteiger partial charge in [-0.1, -0.05) is 36.4 Å². The van der Waals surface area contributed by atoms with Crippen LogP contribution in [0.5, 0.6) is 23.0 Å². The van der Waals surface area contributed by atoms with Gasteiger partial charge in [0, 0.05) is 44.0 Å². The Hall–Kier alpha value is -8.83. The van der Waals surface area contributed by atoms with Crippen LogP contribution < -0.4 is 34.1 Å². The number of hydrogen-bond donors (Lipinski definition) is 3. The molecule has 23 heteroatoms. The van der Waals surface area contributed by atoms with Gasteiger partial charge in [0.2, 0.25) is 11.6 Å². The number of nitrogens with one attached hydrogen (secondary N) is 1. The molecule has 4 atom stereocenters. The Balaban J connectivity index is 0.827. The number of amides is 5. The zero-order chi connectivity index (χ0) is 58.2. The number of unbranched alkanes of at least 4 members (excludes halogenated alkanes) is 2. The van der Waals surface area contributed by atoms with Gasteiger partial charge in [-0.25, -0.2) is 24.2 Å². The fourth-order valence-corrected chi connectivity index (χ4v) is 10.4. The van der Waals surface area contributed by atoms with E-state index in [1.807, 2.05) is 0 Å². The number of aromatic nitrogens is 1. The molecule has 3 unspecified atom stereocenters. The van der Waals surface area contributed by atoms with Crippen LogP contribution in [0, 0.1) is 0 Å². The molecule has 4 aromatic rings. The molecule has 428 valence electrons. The normalized spacial score (nSPS) is 19.3. The minimum atomic E-state index is -1.55. The molecule has 5 heterocycles. The minimum Gasteiger partial charge on any atom is -0.493 e. The first-order chi connectivity index (χ1) is 38.6. The standard InChI is InChI=1S/C58H64N6O17/c1-31-19-41-53(69)63(56(72)80-29-33-13-15-34(16-14-33)59-55(71)79-30-35-21-38-49(60(35)6)43(65)26-48(76-9)50(38)66)39-24-46(44(74-7)22-36(39)51(67)61(41)27-31)77-17-11-10-12-18-78-47-25-40-37(23-45(47)75-8)52(68)62-28-32(2)20-42(62)54(70)64(40)57(73)81-58(3,4)5/h13-16,21-26,41-42,53-54,69-70H,1-2,10-12,17-20,27-30H2,3-9H3,(H,59,71)/t41-,42?,53?,54?/m0/s1. The highest BCUT2D eigenvalue weighted by Gasteiger charge is 2.48. The number of anilines is 3. The van der Waals surface area contributed by atoms with E-state index in [1.165, 1.54) is 66.0 Å². The molecule has 0 saturated carbocycles. The molecule has 2 saturated heterocycles. The highest BCUT2D eigenvalue weighted by molar-refractivity contribution is 6.23. The van der Waals surface area contributed by atoms with Crippen molar-refractivity contribution in [2.24, 2.45) is 7.05 Å². The molecule has 0 spiro atoms. The molecule has 81 heavy (non-hydrogen) atoms. The number of ketones is 2. The number of nitrogens with zero attached hydrogens (tertiary/aromatic N) is 5. The van der Waals surface area contributed by atoms with Gasteiger partial charge in [-0.2, -0.15) is 0 Å². The van der Waals surface area contributed by atoms with E-state index >= 15 is 0 Å². The molecule has 5 aliphatic rings. The summed E-state index contributed by atoms with van der Waals surface area (Å²) in [5, 5.41) is 26.2. The summed E-state index contributed by atoms with van der Waals surface area (Å²) >= 11 is 0. The van der Waals surface area contributed by atoms with Crippen molar-refractivity contribution >= 4 is 58.7 Å². The lowest BCUT2D eigenvalue weighted by atomic mass is 10.0. The van der Waals surface area contributed by atoms with Gasteiger partial charge >= 0.3 is 18.3 Å². The van der Waals surface area contributed by atoms with Crippen molar-refractivity contribution in [1.29, 1.82) is 0 Å². The number of benzene rings is 3. The monoisotopic (exact) mass is 1120 g/mol. The number of ether oxygens (including phenoxy) is 8. The van der Waals surface area contributed by atoms with E-state index in [2.05, 4.69) is 18.5 Å². The highest BCUT2D eigenvalue weighted by atomic mass is 16.6. The highest BCUT2D eigenvalue weighted by Crippen LogP contribution is 2.44. The summed E-state index contributed by atoms with van der Waals surface area (Å²) in [6.07, 6.45) is -2.33. The number of allylic oxidation sites excluding steroid dienone is 2. The van der Waals surface area contributed by atoms with Crippen molar-refractivity contribution in [3.63, 3.8) is 0 Å². The van der Waals surface area contributed by atoms with Gasteiger partial charge in [0.1, 0.15) is 24.5 Å². The van der Waals surface area contributed by atoms with Crippen molar-refractivity contribution in [3.8, 4) is 23.0 Å². The molecule has 5 amide bonds. The predicted octanol–water partition coefficient (Wildman–Crippen LogP) is 7.42. The fourth-order valence-electron chi connectivity index (χ4n) is 10.4.